The molecule has 1 atom stereocenters. The van der Waals surface area contributed by atoms with Crippen LogP contribution in [0, 0.1) is 0 Å². The lowest BCUT2D eigenvalue weighted by molar-refractivity contribution is -0.138. The van der Waals surface area contributed by atoms with Gasteiger partial charge in [-0.1, -0.05) is 0 Å². The highest BCUT2D eigenvalue weighted by molar-refractivity contribution is 6.05. The quantitative estimate of drug-likeness (QED) is 0.805. The topological polar surface area (TPSA) is 39.7 Å². The first-order chi connectivity index (χ1) is 12.3. The molecule has 0 radical (unpaired) electrons. The van der Waals surface area contributed by atoms with Gasteiger partial charge in [0.25, 0.3) is 5.91 Å². The molecule has 142 valence electrons. The Balaban J connectivity index is 1.77. The first-order valence-corrected chi connectivity index (χ1v) is 9.18. The van der Waals surface area contributed by atoms with Crippen molar-refractivity contribution < 1.29 is 18.0 Å². The number of piperazine rings is 1. The molecule has 26 heavy (non-hydrogen) atoms. The predicted octanol–water partition coefficient (Wildman–Crippen LogP) is 2.90. The van der Waals surface area contributed by atoms with Gasteiger partial charge >= 0.3 is 6.18 Å². The van der Waals surface area contributed by atoms with Crippen LogP contribution in [-0.4, -0.2) is 53.6 Å². The van der Waals surface area contributed by atoms with Crippen LogP contribution in [0.5, 0.6) is 0 Å². The van der Waals surface area contributed by atoms with Crippen molar-refractivity contribution in [3.05, 3.63) is 17.8 Å². The molecule has 2 aliphatic heterocycles. The van der Waals surface area contributed by atoms with Crippen molar-refractivity contribution in [2.24, 2.45) is 0 Å². The minimum atomic E-state index is -4.47. The molecule has 0 N–H and O–H groups in total. The lowest BCUT2D eigenvalue weighted by atomic mass is 9.89. The van der Waals surface area contributed by atoms with E-state index in [4.69, 9.17) is 0 Å². The first kappa shape index (κ1) is 17.6. The molecule has 1 saturated heterocycles. The van der Waals surface area contributed by atoms with Crippen molar-refractivity contribution in [3.8, 4) is 0 Å². The second kappa shape index (κ2) is 6.11. The summed E-state index contributed by atoms with van der Waals surface area (Å²) in [6, 6.07) is 1.04. The van der Waals surface area contributed by atoms with Crippen molar-refractivity contribution in [1.29, 1.82) is 0 Å². The van der Waals surface area contributed by atoms with Gasteiger partial charge in [0.15, 0.2) is 5.82 Å². The van der Waals surface area contributed by atoms with E-state index in [-0.39, 0.29) is 18.0 Å². The fourth-order valence-electron chi connectivity index (χ4n) is 4.04. The number of fused-ring (bicyclic) bond motifs is 3. The first-order valence-electron chi connectivity index (χ1n) is 9.18. The van der Waals surface area contributed by atoms with Crippen LogP contribution in [0.15, 0.2) is 12.3 Å². The van der Waals surface area contributed by atoms with Gasteiger partial charge in [-0.15, -0.1) is 0 Å². The smallest absolute Gasteiger partial charge is 0.340 e. The van der Waals surface area contributed by atoms with Gasteiger partial charge in [0, 0.05) is 37.9 Å². The highest BCUT2D eigenvalue weighted by atomic mass is 19.4. The summed E-state index contributed by atoms with van der Waals surface area (Å²) >= 11 is 0. The van der Waals surface area contributed by atoms with Crippen LogP contribution in [0.1, 0.15) is 38.7 Å². The zero-order valence-electron chi connectivity index (χ0n) is 15.0. The van der Waals surface area contributed by atoms with Crippen LogP contribution >= 0.6 is 0 Å². The summed E-state index contributed by atoms with van der Waals surface area (Å²) in [6.07, 6.45) is -0.907. The van der Waals surface area contributed by atoms with Crippen LogP contribution in [0.2, 0.25) is 0 Å². The number of hydrogen-bond acceptors (Lipinski definition) is 4. The van der Waals surface area contributed by atoms with Gasteiger partial charge in [-0.3, -0.25) is 9.69 Å². The summed E-state index contributed by atoms with van der Waals surface area (Å²) in [5.41, 5.74) is -0.476. The number of aromatic nitrogens is 1. The van der Waals surface area contributed by atoms with E-state index in [1.54, 1.807) is 4.90 Å². The molecule has 1 aliphatic carbocycles. The van der Waals surface area contributed by atoms with E-state index in [1.165, 1.54) is 0 Å². The lowest BCUT2D eigenvalue weighted by Crippen LogP contribution is -2.65. The Labute approximate surface area is 150 Å². The average molecular weight is 368 g/mol. The van der Waals surface area contributed by atoms with Gasteiger partial charge in [-0.05, 0) is 39.2 Å². The van der Waals surface area contributed by atoms with E-state index in [0.29, 0.717) is 30.6 Å². The third kappa shape index (κ3) is 2.74. The number of carbonyl (C=O) groups excluding carboxylic acids is 1. The van der Waals surface area contributed by atoms with Crippen LogP contribution < -0.4 is 9.80 Å². The highest BCUT2D eigenvalue weighted by Crippen LogP contribution is 2.43. The minimum absolute atomic E-state index is 0.0110. The minimum Gasteiger partial charge on any atom is -0.340 e. The third-order valence-corrected chi connectivity index (χ3v) is 5.81. The summed E-state index contributed by atoms with van der Waals surface area (Å²) in [7, 11) is 0. The number of carbonyl (C=O) groups is 1. The van der Waals surface area contributed by atoms with E-state index in [9.17, 15) is 18.0 Å². The van der Waals surface area contributed by atoms with E-state index < -0.39 is 11.7 Å². The zero-order chi connectivity index (χ0) is 18.6. The average Bonchev–Trinajstić information content (AvgIpc) is 2.55. The number of pyridine rings is 1. The molecule has 1 amide bonds. The number of anilines is 2. The number of hydrogen-bond donors (Lipinski definition) is 0. The SMILES string of the molecule is CC(C)N1CCN2c3ncc(C(F)(F)F)cc3N(C3CCC3)C(=O)[C@H]2C1. The molecule has 1 aromatic heterocycles. The number of amides is 1. The van der Waals surface area contributed by atoms with E-state index in [2.05, 4.69) is 23.7 Å². The Morgan fingerprint density at radius 2 is 1.96 bits per heavy atom. The molecule has 3 heterocycles. The molecule has 4 rings (SSSR count). The molecule has 0 unspecified atom stereocenters. The monoisotopic (exact) mass is 368 g/mol. The standard InChI is InChI=1S/C18H23F3N4O/c1-11(2)23-6-7-24-15(10-23)17(26)25(13-4-3-5-13)14-8-12(18(19,20)21)9-22-16(14)24/h8-9,11,13,15H,3-7,10H2,1-2H3/t15-/m1/s1. The van der Waals surface area contributed by atoms with Crippen LogP contribution in [-0.2, 0) is 11.0 Å². The second-order valence-corrected chi connectivity index (χ2v) is 7.66. The Morgan fingerprint density at radius 1 is 1.23 bits per heavy atom. The normalized spacial score (nSPS) is 24.5. The Bertz CT molecular complexity index is 717. The maximum atomic E-state index is 13.2. The number of rotatable bonds is 2. The van der Waals surface area contributed by atoms with Crippen molar-refractivity contribution in [3.63, 3.8) is 0 Å². The van der Waals surface area contributed by atoms with Crippen LogP contribution in [0.4, 0.5) is 24.7 Å². The molecule has 0 aromatic carbocycles. The van der Waals surface area contributed by atoms with Crippen molar-refractivity contribution in [2.45, 2.75) is 57.4 Å². The molecule has 5 nitrogen and oxygen atoms in total. The number of alkyl halides is 3. The molecule has 1 aromatic rings. The summed E-state index contributed by atoms with van der Waals surface area (Å²) < 4.78 is 39.6. The second-order valence-electron chi connectivity index (χ2n) is 7.66. The summed E-state index contributed by atoms with van der Waals surface area (Å²) in [4.78, 5) is 23.1. The summed E-state index contributed by atoms with van der Waals surface area (Å²) in [5.74, 6) is 0.423. The molecule has 0 spiro atoms. The van der Waals surface area contributed by atoms with Crippen molar-refractivity contribution in [2.75, 3.05) is 29.4 Å². The van der Waals surface area contributed by atoms with Crippen molar-refractivity contribution >= 4 is 17.4 Å². The molecular weight excluding hydrogens is 345 g/mol. The molecule has 2 fully saturated rings. The third-order valence-electron chi connectivity index (χ3n) is 5.81. The molecule has 8 heteroatoms. The Kier molecular flexibility index (Phi) is 4.13. The fraction of sp³-hybridized carbons (Fsp3) is 0.667. The largest absolute Gasteiger partial charge is 0.417 e. The molecular formula is C18H23F3N4O. The maximum Gasteiger partial charge on any atom is 0.417 e. The lowest BCUT2D eigenvalue weighted by Gasteiger charge is -2.51. The fourth-order valence-corrected chi connectivity index (χ4v) is 4.04. The van der Waals surface area contributed by atoms with E-state index in [1.807, 2.05) is 4.90 Å². The zero-order valence-corrected chi connectivity index (χ0v) is 15.0. The van der Waals surface area contributed by atoms with Crippen LogP contribution in [0.25, 0.3) is 0 Å². The summed E-state index contributed by atoms with van der Waals surface area (Å²) in [5, 5.41) is 0. The Morgan fingerprint density at radius 3 is 2.54 bits per heavy atom. The van der Waals surface area contributed by atoms with Crippen LogP contribution in [0.3, 0.4) is 0 Å². The van der Waals surface area contributed by atoms with Gasteiger partial charge in [-0.2, -0.15) is 13.2 Å². The Hall–Kier alpha value is -1.83. The van der Waals surface area contributed by atoms with E-state index in [0.717, 1.165) is 38.1 Å². The predicted molar refractivity (Wildman–Crippen MR) is 92.2 cm³/mol. The number of nitrogens with zero attached hydrogens (tertiary/aromatic N) is 4. The number of halogens is 3. The van der Waals surface area contributed by atoms with Gasteiger partial charge in [0.05, 0.1) is 11.3 Å². The van der Waals surface area contributed by atoms with Gasteiger partial charge < -0.3 is 9.80 Å². The van der Waals surface area contributed by atoms with Gasteiger partial charge in [0.2, 0.25) is 0 Å². The molecule has 3 aliphatic rings. The molecule has 1 saturated carbocycles. The van der Waals surface area contributed by atoms with Gasteiger partial charge in [0.1, 0.15) is 6.04 Å². The maximum absolute atomic E-state index is 13.2. The summed E-state index contributed by atoms with van der Waals surface area (Å²) in [6.45, 7) is 6.14. The van der Waals surface area contributed by atoms with Gasteiger partial charge in [-0.25, -0.2) is 4.98 Å². The van der Waals surface area contributed by atoms with E-state index >= 15 is 0 Å². The molecule has 0 bridgehead atoms. The highest BCUT2D eigenvalue weighted by Gasteiger charge is 2.46. The van der Waals surface area contributed by atoms with Crippen molar-refractivity contribution in [1.82, 2.24) is 9.88 Å².